The largest absolute Gasteiger partial charge is 0.455 e. The molecule has 158 valence electrons. The number of aromatic nitrogens is 2. The van der Waals surface area contributed by atoms with Crippen molar-refractivity contribution in [3.8, 4) is 11.5 Å². The smallest absolute Gasteiger partial charge is 0.417 e. The van der Waals surface area contributed by atoms with Gasteiger partial charge in [0.1, 0.15) is 18.0 Å². The van der Waals surface area contributed by atoms with E-state index in [4.69, 9.17) is 4.74 Å². The summed E-state index contributed by atoms with van der Waals surface area (Å²) in [5, 5.41) is 0. The number of urea groups is 1. The second kappa shape index (κ2) is 7.99. The van der Waals surface area contributed by atoms with Gasteiger partial charge in [-0.3, -0.25) is 19.7 Å². The molecule has 0 bridgehead atoms. The Bertz CT molecular complexity index is 1160. The van der Waals surface area contributed by atoms with E-state index in [0.717, 1.165) is 22.1 Å². The number of rotatable bonds is 4. The molecule has 0 saturated carbocycles. The molecule has 1 aromatic carbocycles. The number of hydrogen-bond donors (Lipinski definition) is 0. The number of carbonyl (C=O) groups is 2. The molecule has 11 heteroatoms. The van der Waals surface area contributed by atoms with E-state index in [0.29, 0.717) is 22.2 Å². The monoisotopic (exact) mass is 492 g/mol. The fraction of sp³-hybridized carbons (Fsp3) is 0.100. The molecule has 3 amide bonds. The van der Waals surface area contributed by atoms with E-state index in [-0.39, 0.29) is 11.4 Å². The molecular formula is C20H12BrF3N4O3. The highest BCUT2D eigenvalue weighted by Crippen LogP contribution is 2.36. The van der Waals surface area contributed by atoms with Crippen molar-refractivity contribution in [3.05, 3.63) is 71.2 Å². The van der Waals surface area contributed by atoms with Crippen LogP contribution < -0.4 is 14.5 Å². The summed E-state index contributed by atoms with van der Waals surface area (Å²) >= 11 is 3.34. The Morgan fingerprint density at radius 3 is 2.48 bits per heavy atom. The van der Waals surface area contributed by atoms with Gasteiger partial charge in [0.25, 0.3) is 5.91 Å². The summed E-state index contributed by atoms with van der Waals surface area (Å²) in [5.74, 6) is 0.331. The fourth-order valence-electron chi connectivity index (χ4n) is 2.93. The maximum atomic E-state index is 13.0. The number of alkyl halides is 3. The summed E-state index contributed by atoms with van der Waals surface area (Å²) < 4.78 is 45.1. The molecule has 7 nitrogen and oxygen atoms in total. The number of hydrogen-bond acceptors (Lipinski definition) is 5. The van der Waals surface area contributed by atoms with Crippen LogP contribution in [0.25, 0.3) is 0 Å². The van der Waals surface area contributed by atoms with E-state index >= 15 is 0 Å². The minimum atomic E-state index is -4.62. The number of anilines is 2. The third kappa shape index (κ3) is 4.22. The number of pyridine rings is 2. The Labute approximate surface area is 182 Å². The van der Waals surface area contributed by atoms with Gasteiger partial charge in [0, 0.05) is 12.4 Å². The molecule has 3 aromatic rings. The van der Waals surface area contributed by atoms with Crippen LogP contribution in [-0.2, 0) is 11.0 Å². The van der Waals surface area contributed by atoms with Gasteiger partial charge < -0.3 is 4.74 Å². The van der Waals surface area contributed by atoms with Crippen molar-refractivity contribution in [2.75, 3.05) is 16.3 Å². The minimum Gasteiger partial charge on any atom is -0.455 e. The molecule has 1 fully saturated rings. The summed E-state index contributed by atoms with van der Waals surface area (Å²) in [7, 11) is 0. The van der Waals surface area contributed by atoms with Crippen LogP contribution in [0, 0.1) is 0 Å². The van der Waals surface area contributed by atoms with Crippen LogP contribution in [0.15, 0.2) is 65.7 Å². The Morgan fingerprint density at radius 2 is 1.81 bits per heavy atom. The van der Waals surface area contributed by atoms with Crippen molar-refractivity contribution in [3.63, 3.8) is 0 Å². The number of imide groups is 1. The molecule has 0 aliphatic carbocycles. The van der Waals surface area contributed by atoms with Crippen LogP contribution in [0.5, 0.6) is 11.5 Å². The van der Waals surface area contributed by atoms with E-state index in [2.05, 4.69) is 25.9 Å². The number of ether oxygens (including phenoxy) is 1. The Morgan fingerprint density at radius 1 is 1.00 bits per heavy atom. The zero-order valence-electron chi connectivity index (χ0n) is 15.5. The number of halogens is 4. The van der Waals surface area contributed by atoms with Gasteiger partial charge in [-0.05, 0) is 52.3 Å². The van der Waals surface area contributed by atoms with Gasteiger partial charge in [-0.2, -0.15) is 13.2 Å². The van der Waals surface area contributed by atoms with Gasteiger partial charge in [0.15, 0.2) is 0 Å². The van der Waals surface area contributed by atoms with Crippen LogP contribution in [-0.4, -0.2) is 28.5 Å². The van der Waals surface area contributed by atoms with E-state index in [1.165, 1.54) is 18.3 Å². The molecule has 1 aliphatic rings. The number of benzene rings is 1. The molecule has 0 atom stereocenters. The van der Waals surface area contributed by atoms with Gasteiger partial charge in [-0.1, -0.05) is 0 Å². The zero-order chi connectivity index (χ0) is 22.2. The first-order chi connectivity index (χ1) is 14.7. The van der Waals surface area contributed by atoms with Gasteiger partial charge in [0.2, 0.25) is 0 Å². The van der Waals surface area contributed by atoms with E-state index in [9.17, 15) is 22.8 Å². The highest BCUT2D eigenvalue weighted by Gasteiger charge is 2.39. The number of carbonyl (C=O) groups excluding carboxylic acids is 2. The molecule has 0 radical (unpaired) electrons. The first-order valence-electron chi connectivity index (χ1n) is 8.78. The molecule has 1 aliphatic heterocycles. The van der Waals surface area contributed by atoms with Crippen LogP contribution >= 0.6 is 15.9 Å². The average molecular weight is 493 g/mol. The molecule has 1 saturated heterocycles. The summed E-state index contributed by atoms with van der Waals surface area (Å²) in [5.41, 5.74) is -0.891. The van der Waals surface area contributed by atoms with Gasteiger partial charge in [0.05, 0.1) is 33.8 Å². The van der Waals surface area contributed by atoms with Crippen LogP contribution in [0.4, 0.5) is 29.3 Å². The second-order valence-corrected chi connectivity index (χ2v) is 7.29. The summed E-state index contributed by atoms with van der Waals surface area (Å²) in [6, 6.07) is 7.98. The lowest BCUT2D eigenvalue weighted by Crippen LogP contribution is -2.33. The Balaban J connectivity index is 1.59. The standard InChI is InChI=1S/C20H12BrF3N4O3/c21-16-7-13(3-4-17(16)31-15-2-1-5-25-10-15)28-18(29)11-27(19(28)30)14-6-12(8-26-9-14)20(22,23)24/h1-10H,11H2. The predicted octanol–water partition coefficient (Wildman–Crippen LogP) is 5.02. The third-order valence-corrected chi connectivity index (χ3v) is 4.98. The molecule has 0 unspecified atom stereocenters. The van der Waals surface area contributed by atoms with Crippen LogP contribution in [0.3, 0.4) is 0 Å². The first kappa shape index (κ1) is 20.8. The zero-order valence-corrected chi connectivity index (χ0v) is 17.1. The number of amides is 3. The van der Waals surface area contributed by atoms with Crippen LogP contribution in [0.1, 0.15) is 5.56 Å². The van der Waals surface area contributed by atoms with Gasteiger partial charge >= 0.3 is 12.2 Å². The highest BCUT2D eigenvalue weighted by molar-refractivity contribution is 9.10. The number of nitrogens with zero attached hydrogens (tertiary/aromatic N) is 4. The third-order valence-electron chi connectivity index (χ3n) is 4.36. The molecule has 2 aromatic heterocycles. The summed E-state index contributed by atoms with van der Waals surface area (Å²) in [6.45, 7) is -0.409. The Hall–Kier alpha value is -3.47. The molecule has 4 rings (SSSR count). The van der Waals surface area contributed by atoms with E-state index < -0.39 is 30.2 Å². The maximum Gasteiger partial charge on any atom is 0.417 e. The predicted molar refractivity (Wildman–Crippen MR) is 108 cm³/mol. The van der Waals surface area contributed by atoms with Crippen molar-refractivity contribution >= 4 is 39.2 Å². The Kier molecular flexibility index (Phi) is 5.36. The van der Waals surface area contributed by atoms with E-state index in [1.54, 1.807) is 24.4 Å². The lowest BCUT2D eigenvalue weighted by Gasteiger charge is -2.18. The SMILES string of the molecule is O=C1CN(c2cncc(C(F)(F)F)c2)C(=O)N1c1ccc(Oc2cccnc2)c(Br)c1. The van der Waals surface area contributed by atoms with Gasteiger partial charge in [-0.25, -0.2) is 9.69 Å². The lowest BCUT2D eigenvalue weighted by atomic mass is 10.2. The molecule has 3 heterocycles. The highest BCUT2D eigenvalue weighted by atomic mass is 79.9. The van der Waals surface area contributed by atoms with Crippen LogP contribution in [0.2, 0.25) is 0 Å². The summed E-state index contributed by atoms with van der Waals surface area (Å²) in [4.78, 5) is 34.7. The van der Waals surface area contributed by atoms with E-state index in [1.807, 2.05) is 0 Å². The normalized spacial score (nSPS) is 14.3. The second-order valence-electron chi connectivity index (χ2n) is 6.43. The van der Waals surface area contributed by atoms with Crippen molar-refractivity contribution in [1.82, 2.24) is 9.97 Å². The van der Waals surface area contributed by atoms with Crippen molar-refractivity contribution < 1.29 is 27.5 Å². The van der Waals surface area contributed by atoms with Gasteiger partial charge in [-0.15, -0.1) is 0 Å². The maximum absolute atomic E-state index is 13.0. The molecular weight excluding hydrogens is 481 g/mol. The fourth-order valence-corrected chi connectivity index (χ4v) is 3.38. The topological polar surface area (TPSA) is 75.6 Å². The van der Waals surface area contributed by atoms with Crippen molar-refractivity contribution in [1.29, 1.82) is 0 Å². The molecule has 0 N–H and O–H groups in total. The minimum absolute atomic E-state index is 0.119. The van der Waals surface area contributed by atoms with Crippen molar-refractivity contribution in [2.45, 2.75) is 6.18 Å². The summed E-state index contributed by atoms with van der Waals surface area (Å²) in [6.07, 6.45) is 0.257. The molecule has 31 heavy (non-hydrogen) atoms. The molecule has 0 spiro atoms. The average Bonchev–Trinajstić information content (AvgIpc) is 3.04. The first-order valence-corrected chi connectivity index (χ1v) is 9.57. The quantitative estimate of drug-likeness (QED) is 0.477. The van der Waals surface area contributed by atoms with Crippen molar-refractivity contribution in [2.24, 2.45) is 0 Å². The lowest BCUT2D eigenvalue weighted by molar-refractivity contribution is -0.137.